The summed E-state index contributed by atoms with van der Waals surface area (Å²) in [6, 6.07) is 4.35. The standard InChI is InChI=1S/C14H22N2O/c1-12-7-9-16(14(17)11-12)10-8-15-13-5-3-2-4-6-13/h7,9,11,13,15H,2-6,8,10H2,1H3. The van der Waals surface area contributed by atoms with Gasteiger partial charge in [-0.15, -0.1) is 0 Å². The summed E-state index contributed by atoms with van der Waals surface area (Å²) in [4.78, 5) is 11.7. The largest absolute Gasteiger partial charge is 0.314 e. The lowest BCUT2D eigenvalue weighted by Gasteiger charge is -2.22. The Morgan fingerprint density at radius 3 is 2.82 bits per heavy atom. The average molecular weight is 234 g/mol. The Labute approximate surface area is 103 Å². The molecule has 0 unspecified atom stereocenters. The molecule has 3 heteroatoms. The van der Waals surface area contributed by atoms with Gasteiger partial charge < -0.3 is 9.88 Å². The maximum Gasteiger partial charge on any atom is 0.250 e. The second kappa shape index (κ2) is 6.01. The summed E-state index contributed by atoms with van der Waals surface area (Å²) in [6.07, 6.45) is 8.56. The summed E-state index contributed by atoms with van der Waals surface area (Å²) in [6.45, 7) is 3.62. The number of hydrogen-bond donors (Lipinski definition) is 1. The molecule has 0 aliphatic heterocycles. The van der Waals surface area contributed by atoms with Crippen LogP contribution in [0.2, 0.25) is 0 Å². The summed E-state index contributed by atoms with van der Waals surface area (Å²) in [7, 11) is 0. The summed E-state index contributed by atoms with van der Waals surface area (Å²) >= 11 is 0. The van der Waals surface area contributed by atoms with E-state index in [2.05, 4.69) is 5.32 Å². The maximum atomic E-state index is 11.7. The lowest BCUT2D eigenvalue weighted by molar-refractivity contribution is 0.367. The number of nitrogens with one attached hydrogen (secondary N) is 1. The lowest BCUT2D eigenvalue weighted by atomic mass is 9.95. The molecule has 0 bridgehead atoms. The van der Waals surface area contributed by atoms with E-state index in [1.54, 1.807) is 10.6 Å². The van der Waals surface area contributed by atoms with Gasteiger partial charge in [-0.05, 0) is 31.4 Å². The first kappa shape index (κ1) is 12.4. The SMILES string of the molecule is Cc1ccn(CCNC2CCCCC2)c(=O)c1. The van der Waals surface area contributed by atoms with Crippen LogP contribution in [0.4, 0.5) is 0 Å². The van der Waals surface area contributed by atoms with Crippen molar-refractivity contribution < 1.29 is 0 Å². The van der Waals surface area contributed by atoms with Crippen LogP contribution in [0, 0.1) is 6.92 Å². The quantitative estimate of drug-likeness (QED) is 0.865. The smallest absolute Gasteiger partial charge is 0.250 e. The molecule has 0 aromatic carbocycles. The first-order valence-electron chi connectivity index (χ1n) is 6.66. The van der Waals surface area contributed by atoms with Crippen LogP contribution in [0.1, 0.15) is 37.7 Å². The summed E-state index contributed by atoms with van der Waals surface area (Å²) < 4.78 is 1.78. The van der Waals surface area contributed by atoms with Crippen LogP contribution < -0.4 is 10.9 Å². The highest BCUT2D eigenvalue weighted by Crippen LogP contribution is 2.16. The number of rotatable bonds is 4. The van der Waals surface area contributed by atoms with Crippen LogP contribution in [-0.4, -0.2) is 17.2 Å². The minimum absolute atomic E-state index is 0.107. The van der Waals surface area contributed by atoms with Crippen molar-refractivity contribution in [3.05, 3.63) is 34.2 Å². The Hall–Kier alpha value is -1.09. The van der Waals surface area contributed by atoms with E-state index in [1.165, 1.54) is 32.1 Å². The van der Waals surface area contributed by atoms with Gasteiger partial charge in [0.25, 0.3) is 5.56 Å². The van der Waals surface area contributed by atoms with E-state index in [0.717, 1.165) is 18.7 Å². The molecule has 1 aliphatic carbocycles. The molecular weight excluding hydrogens is 212 g/mol. The van der Waals surface area contributed by atoms with E-state index in [4.69, 9.17) is 0 Å². The molecular formula is C14H22N2O. The van der Waals surface area contributed by atoms with Gasteiger partial charge in [0, 0.05) is 31.4 Å². The molecule has 0 spiro atoms. The molecule has 1 aromatic rings. The number of pyridine rings is 1. The van der Waals surface area contributed by atoms with Gasteiger partial charge in [0.1, 0.15) is 0 Å². The third-order valence-electron chi connectivity index (χ3n) is 3.54. The summed E-state index contributed by atoms with van der Waals surface area (Å²) in [5.74, 6) is 0. The van der Waals surface area contributed by atoms with Crippen LogP contribution in [0.5, 0.6) is 0 Å². The zero-order valence-corrected chi connectivity index (χ0v) is 10.6. The van der Waals surface area contributed by atoms with Crippen molar-refractivity contribution in [2.45, 2.75) is 51.6 Å². The Kier molecular flexibility index (Phi) is 4.37. The third-order valence-corrected chi connectivity index (χ3v) is 3.54. The van der Waals surface area contributed by atoms with Crippen molar-refractivity contribution in [2.75, 3.05) is 6.54 Å². The van der Waals surface area contributed by atoms with Crippen molar-refractivity contribution in [3.8, 4) is 0 Å². The molecule has 3 nitrogen and oxygen atoms in total. The Morgan fingerprint density at radius 1 is 1.35 bits per heavy atom. The van der Waals surface area contributed by atoms with E-state index < -0.39 is 0 Å². The topological polar surface area (TPSA) is 34.0 Å². The van der Waals surface area contributed by atoms with Gasteiger partial charge in [0.15, 0.2) is 0 Å². The number of aryl methyl sites for hydroxylation is 1. The molecule has 94 valence electrons. The van der Waals surface area contributed by atoms with Crippen LogP contribution in [0.15, 0.2) is 23.1 Å². The molecule has 1 fully saturated rings. The fourth-order valence-electron chi connectivity index (χ4n) is 2.49. The molecule has 1 heterocycles. The van der Waals surface area contributed by atoms with Crippen molar-refractivity contribution in [1.29, 1.82) is 0 Å². The van der Waals surface area contributed by atoms with Crippen molar-refractivity contribution in [2.24, 2.45) is 0 Å². The molecule has 1 saturated carbocycles. The van der Waals surface area contributed by atoms with Crippen molar-refractivity contribution in [3.63, 3.8) is 0 Å². The zero-order chi connectivity index (χ0) is 12.1. The predicted octanol–water partition coefficient (Wildman–Crippen LogP) is 2.08. The van der Waals surface area contributed by atoms with E-state index in [0.29, 0.717) is 6.04 Å². The zero-order valence-electron chi connectivity index (χ0n) is 10.6. The molecule has 0 saturated heterocycles. The predicted molar refractivity (Wildman–Crippen MR) is 70.3 cm³/mol. The summed E-state index contributed by atoms with van der Waals surface area (Å²) in [5, 5.41) is 3.55. The first-order valence-corrected chi connectivity index (χ1v) is 6.66. The molecule has 1 N–H and O–H groups in total. The van der Waals surface area contributed by atoms with Gasteiger partial charge in [-0.25, -0.2) is 0 Å². The van der Waals surface area contributed by atoms with Crippen molar-refractivity contribution >= 4 is 0 Å². The monoisotopic (exact) mass is 234 g/mol. The van der Waals surface area contributed by atoms with Gasteiger partial charge in [0.2, 0.25) is 0 Å². The average Bonchev–Trinajstić information content (AvgIpc) is 2.33. The van der Waals surface area contributed by atoms with Gasteiger partial charge in [-0.3, -0.25) is 4.79 Å². The van der Waals surface area contributed by atoms with Crippen molar-refractivity contribution in [1.82, 2.24) is 9.88 Å². The number of aromatic nitrogens is 1. The molecule has 0 radical (unpaired) electrons. The van der Waals surface area contributed by atoms with Gasteiger partial charge in [0.05, 0.1) is 0 Å². The van der Waals surface area contributed by atoms with Gasteiger partial charge in [-0.2, -0.15) is 0 Å². The number of nitrogens with zero attached hydrogens (tertiary/aromatic N) is 1. The van der Waals surface area contributed by atoms with Gasteiger partial charge >= 0.3 is 0 Å². The van der Waals surface area contributed by atoms with Gasteiger partial charge in [-0.1, -0.05) is 19.3 Å². The Bertz CT molecular complexity index is 405. The fraction of sp³-hybridized carbons (Fsp3) is 0.643. The Balaban J connectivity index is 1.79. The Morgan fingerprint density at radius 2 is 2.12 bits per heavy atom. The van der Waals surface area contributed by atoms with Crippen LogP contribution >= 0.6 is 0 Å². The summed E-state index contributed by atoms with van der Waals surface area (Å²) in [5.41, 5.74) is 1.14. The molecule has 17 heavy (non-hydrogen) atoms. The van der Waals surface area contributed by atoms with E-state index in [1.807, 2.05) is 19.2 Å². The van der Waals surface area contributed by atoms with Crippen LogP contribution in [0.25, 0.3) is 0 Å². The first-order chi connectivity index (χ1) is 8.25. The molecule has 0 amide bonds. The highest BCUT2D eigenvalue weighted by atomic mass is 16.1. The number of hydrogen-bond acceptors (Lipinski definition) is 2. The lowest BCUT2D eigenvalue weighted by Crippen LogP contribution is -2.35. The second-order valence-corrected chi connectivity index (χ2v) is 5.02. The second-order valence-electron chi connectivity index (χ2n) is 5.02. The maximum absolute atomic E-state index is 11.7. The van der Waals surface area contributed by atoms with Crippen LogP contribution in [-0.2, 0) is 6.54 Å². The third kappa shape index (κ3) is 3.70. The van der Waals surface area contributed by atoms with E-state index >= 15 is 0 Å². The highest BCUT2D eigenvalue weighted by molar-refractivity contribution is 5.07. The molecule has 1 aromatic heterocycles. The molecule has 2 rings (SSSR count). The fourth-order valence-corrected chi connectivity index (χ4v) is 2.49. The highest BCUT2D eigenvalue weighted by Gasteiger charge is 2.11. The van der Waals surface area contributed by atoms with E-state index in [-0.39, 0.29) is 5.56 Å². The van der Waals surface area contributed by atoms with Crippen LogP contribution in [0.3, 0.4) is 0 Å². The van der Waals surface area contributed by atoms with E-state index in [9.17, 15) is 4.79 Å². The molecule has 0 atom stereocenters. The molecule has 1 aliphatic rings. The minimum Gasteiger partial charge on any atom is -0.314 e. The normalized spacial score (nSPS) is 17.2. The minimum atomic E-state index is 0.107.